The van der Waals surface area contributed by atoms with Gasteiger partial charge in [0.05, 0.1) is 12.9 Å². The quantitative estimate of drug-likeness (QED) is 0.528. The molecule has 0 aliphatic carbocycles. The van der Waals surface area contributed by atoms with Gasteiger partial charge in [0, 0.05) is 14.2 Å². The highest BCUT2D eigenvalue weighted by atomic mass is 32.2. The molecule has 0 spiro atoms. The summed E-state index contributed by atoms with van der Waals surface area (Å²) < 4.78 is 35.2. The van der Waals surface area contributed by atoms with Crippen molar-refractivity contribution in [2.45, 2.75) is 6.10 Å². The first-order valence-corrected chi connectivity index (χ1v) is 5.61. The molecular weight excluding hydrogens is 212 g/mol. The average Bonchev–Trinajstić information content (AvgIpc) is 2.01. The lowest BCUT2D eigenvalue weighted by molar-refractivity contribution is -0.131. The van der Waals surface area contributed by atoms with Crippen LogP contribution in [0.2, 0.25) is 0 Å². The first-order chi connectivity index (χ1) is 6.40. The van der Waals surface area contributed by atoms with Crippen molar-refractivity contribution in [2.24, 2.45) is 0 Å². The Labute approximate surface area is 83.3 Å². The second kappa shape index (κ2) is 6.07. The summed E-state index contributed by atoms with van der Waals surface area (Å²) in [5.74, 6) is -0.472. The van der Waals surface area contributed by atoms with Crippen molar-refractivity contribution in [1.82, 2.24) is 0 Å². The van der Waals surface area contributed by atoms with E-state index in [0.717, 1.165) is 6.26 Å². The van der Waals surface area contributed by atoms with Crippen LogP contribution < -0.4 is 0 Å². The smallest absolute Gasteiger partial charge is 0.265 e. The largest absolute Gasteiger partial charge is 0.381 e. The number of hydrogen-bond donors (Lipinski definition) is 0. The van der Waals surface area contributed by atoms with Crippen LogP contribution in [0.5, 0.6) is 0 Å². The molecule has 0 aliphatic heterocycles. The van der Waals surface area contributed by atoms with Crippen molar-refractivity contribution < 1.29 is 26.9 Å². The van der Waals surface area contributed by atoms with Crippen molar-refractivity contribution in [3.8, 4) is 0 Å². The molecule has 0 aromatic heterocycles. The maximum absolute atomic E-state index is 11.2. The SMILES string of the molecule is COCC(=O)C(COC)OS(C)(=O)=O. The van der Waals surface area contributed by atoms with E-state index in [2.05, 4.69) is 13.7 Å². The van der Waals surface area contributed by atoms with E-state index < -0.39 is 22.0 Å². The fourth-order valence-corrected chi connectivity index (χ4v) is 1.36. The lowest BCUT2D eigenvalue weighted by atomic mass is 10.2. The zero-order valence-electron chi connectivity index (χ0n) is 8.35. The third kappa shape index (κ3) is 6.03. The highest BCUT2D eigenvalue weighted by Crippen LogP contribution is 2.00. The normalized spacial score (nSPS) is 13.9. The summed E-state index contributed by atoms with van der Waals surface area (Å²) in [5, 5.41) is 0. The molecule has 0 N–H and O–H groups in total. The van der Waals surface area contributed by atoms with Crippen LogP contribution in [0.1, 0.15) is 0 Å². The van der Waals surface area contributed by atoms with E-state index in [4.69, 9.17) is 0 Å². The number of Topliss-reactive ketones (excluding diaryl/α,β-unsaturated/α-hetero) is 1. The predicted octanol–water partition coefficient (Wildman–Crippen LogP) is -0.807. The molecule has 0 amide bonds. The first kappa shape index (κ1) is 13.5. The molecule has 0 saturated carbocycles. The Morgan fingerprint density at radius 3 is 2.21 bits per heavy atom. The molecule has 0 fully saturated rings. The molecule has 6 nitrogen and oxygen atoms in total. The minimum absolute atomic E-state index is 0.116. The average molecular weight is 226 g/mol. The maximum Gasteiger partial charge on any atom is 0.265 e. The van der Waals surface area contributed by atoms with Crippen molar-refractivity contribution in [3.63, 3.8) is 0 Å². The van der Waals surface area contributed by atoms with Gasteiger partial charge in [0.2, 0.25) is 0 Å². The van der Waals surface area contributed by atoms with Crippen LogP contribution in [0.3, 0.4) is 0 Å². The third-order valence-corrected chi connectivity index (χ3v) is 1.84. The molecule has 0 heterocycles. The van der Waals surface area contributed by atoms with Crippen LogP contribution in [0.4, 0.5) is 0 Å². The molecule has 1 atom stereocenters. The number of carbonyl (C=O) groups excluding carboxylic acids is 1. The molecular formula is C7H14O6S. The van der Waals surface area contributed by atoms with Crippen LogP contribution >= 0.6 is 0 Å². The van der Waals surface area contributed by atoms with E-state index in [9.17, 15) is 13.2 Å². The first-order valence-electron chi connectivity index (χ1n) is 3.79. The summed E-state index contributed by atoms with van der Waals surface area (Å²) in [6.07, 6.45) is -0.259. The topological polar surface area (TPSA) is 78.9 Å². The number of hydrogen-bond acceptors (Lipinski definition) is 6. The maximum atomic E-state index is 11.2. The van der Waals surface area contributed by atoms with Gasteiger partial charge in [0.1, 0.15) is 6.61 Å². The molecule has 0 aliphatic rings. The van der Waals surface area contributed by atoms with Crippen LogP contribution in [0.25, 0.3) is 0 Å². The molecule has 84 valence electrons. The van der Waals surface area contributed by atoms with Gasteiger partial charge in [-0.25, -0.2) is 0 Å². The summed E-state index contributed by atoms with van der Waals surface area (Å²) in [5.41, 5.74) is 0. The van der Waals surface area contributed by atoms with Crippen molar-refractivity contribution in [2.75, 3.05) is 33.7 Å². The van der Waals surface area contributed by atoms with Gasteiger partial charge in [0.25, 0.3) is 10.1 Å². The summed E-state index contributed by atoms with van der Waals surface area (Å²) in [6, 6.07) is 0. The molecule has 0 radical (unpaired) electrons. The number of rotatable bonds is 7. The van der Waals surface area contributed by atoms with Crippen LogP contribution in [-0.2, 0) is 28.6 Å². The fourth-order valence-electron chi connectivity index (χ4n) is 0.772. The van der Waals surface area contributed by atoms with E-state index in [1.165, 1.54) is 14.2 Å². The second-order valence-corrected chi connectivity index (χ2v) is 4.24. The van der Waals surface area contributed by atoms with Gasteiger partial charge >= 0.3 is 0 Å². The van der Waals surface area contributed by atoms with Gasteiger partial charge in [-0.05, 0) is 0 Å². The van der Waals surface area contributed by atoms with E-state index in [0.29, 0.717) is 0 Å². The van der Waals surface area contributed by atoms with Crippen molar-refractivity contribution >= 4 is 15.9 Å². The fraction of sp³-hybridized carbons (Fsp3) is 0.857. The van der Waals surface area contributed by atoms with Gasteiger partial charge in [-0.3, -0.25) is 8.98 Å². The lowest BCUT2D eigenvalue weighted by Gasteiger charge is -2.13. The second-order valence-electron chi connectivity index (χ2n) is 2.64. The predicted molar refractivity (Wildman–Crippen MR) is 48.5 cm³/mol. The molecule has 0 aromatic rings. The molecule has 14 heavy (non-hydrogen) atoms. The minimum atomic E-state index is -3.67. The Kier molecular flexibility index (Phi) is 5.86. The minimum Gasteiger partial charge on any atom is -0.381 e. The highest BCUT2D eigenvalue weighted by Gasteiger charge is 2.23. The van der Waals surface area contributed by atoms with Gasteiger partial charge in [-0.15, -0.1) is 0 Å². The summed E-state index contributed by atoms with van der Waals surface area (Å²) in [6.45, 7) is -0.321. The molecule has 1 unspecified atom stereocenters. The Balaban J connectivity index is 4.36. The Bertz CT molecular complexity index is 270. The monoisotopic (exact) mass is 226 g/mol. The molecule has 0 saturated heterocycles. The van der Waals surface area contributed by atoms with E-state index in [1.807, 2.05) is 0 Å². The standard InChI is InChI=1S/C7H14O6S/c1-11-4-6(8)7(5-12-2)13-14(3,9)10/h7H,4-5H2,1-3H3. The van der Waals surface area contributed by atoms with Crippen molar-refractivity contribution in [3.05, 3.63) is 0 Å². The number of carbonyl (C=O) groups is 1. The van der Waals surface area contributed by atoms with Gasteiger partial charge in [-0.2, -0.15) is 8.42 Å². The Morgan fingerprint density at radius 2 is 1.86 bits per heavy atom. The van der Waals surface area contributed by atoms with E-state index in [1.54, 1.807) is 0 Å². The summed E-state index contributed by atoms with van der Waals surface area (Å²) in [7, 11) is -0.984. The Hall–Kier alpha value is -0.500. The zero-order chi connectivity index (χ0) is 11.2. The third-order valence-electron chi connectivity index (χ3n) is 1.25. The van der Waals surface area contributed by atoms with E-state index >= 15 is 0 Å². The molecule has 0 aromatic carbocycles. The van der Waals surface area contributed by atoms with Crippen molar-refractivity contribution in [1.29, 1.82) is 0 Å². The molecule has 7 heteroatoms. The number of ketones is 1. The number of ether oxygens (including phenoxy) is 2. The van der Waals surface area contributed by atoms with Crippen LogP contribution in [0, 0.1) is 0 Å². The van der Waals surface area contributed by atoms with Crippen LogP contribution in [-0.4, -0.2) is 54.0 Å². The van der Waals surface area contributed by atoms with Gasteiger partial charge in [0.15, 0.2) is 11.9 Å². The van der Waals surface area contributed by atoms with Gasteiger partial charge in [-0.1, -0.05) is 0 Å². The molecule has 0 rings (SSSR count). The highest BCUT2D eigenvalue weighted by molar-refractivity contribution is 7.86. The summed E-state index contributed by atoms with van der Waals surface area (Å²) >= 11 is 0. The lowest BCUT2D eigenvalue weighted by Crippen LogP contribution is -2.33. The summed E-state index contributed by atoms with van der Waals surface area (Å²) in [4.78, 5) is 11.2. The van der Waals surface area contributed by atoms with E-state index in [-0.39, 0.29) is 13.2 Å². The van der Waals surface area contributed by atoms with Gasteiger partial charge < -0.3 is 9.47 Å². The Morgan fingerprint density at radius 1 is 1.29 bits per heavy atom. The number of methoxy groups -OCH3 is 2. The zero-order valence-corrected chi connectivity index (χ0v) is 9.17. The van der Waals surface area contributed by atoms with Crippen LogP contribution in [0.15, 0.2) is 0 Å². The molecule has 0 bridgehead atoms.